The molecular formula is C17H27NO. The molecule has 0 saturated carbocycles. The molecule has 0 aliphatic carbocycles. The van der Waals surface area contributed by atoms with Gasteiger partial charge < -0.3 is 10.1 Å². The Morgan fingerprint density at radius 3 is 2.21 bits per heavy atom. The van der Waals surface area contributed by atoms with E-state index in [0.29, 0.717) is 6.04 Å². The molecule has 1 aliphatic heterocycles. The van der Waals surface area contributed by atoms with Crippen molar-refractivity contribution in [2.45, 2.75) is 54.0 Å². The highest BCUT2D eigenvalue weighted by Crippen LogP contribution is 2.44. The summed E-state index contributed by atoms with van der Waals surface area (Å²) >= 11 is 0. The summed E-state index contributed by atoms with van der Waals surface area (Å²) in [6, 6.07) is 0.407. The Labute approximate surface area is 117 Å². The molecule has 1 aliphatic rings. The number of methoxy groups -OCH3 is 1. The zero-order valence-electron chi connectivity index (χ0n) is 13.4. The summed E-state index contributed by atoms with van der Waals surface area (Å²) in [5.41, 5.74) is 7.20. The zero-order chi connectivity index (χ0) is 14.4. The minimum absolute atomic E-state index is 0.215. The second-order valence-electron chi connectivity index (χ2n) is 6.80. The maximum atomic E-state index is 5.71. The molecule has 1 heterocycles. The highest BCUT2D eigenvalue weighted by Gasteiger charge is 2.34. The third-order valence-electron chi connectivity index (χ3n) is 4.55. The van der Waals surface area contributed by atoms with Gasteiger partial charge in [-0.3, -0.25) is 0 Å². The molecule has 2 rings (SSSR count). The number of ether oxygens (including phenoxy) is 1. The van der Waals surface area contributed by atoms with Gasteiger partial charge in [-0.15, -0.1) is 0 Å². The summed E-state index contributed by atoms with van der Waals surface area (Å²) < 4.78 is 5.71. The summed E-state index contributed by atoms with van der Waals surface area (Å²) in [5.74, 6) is 1.11. The van der Waals surface area contributed by atoms with Gasteiger partial charge in [0.1, 0.15) is 5.75 Å². The van der Waals surface area contributed by atoms with Crippen LogP contribution in [0, 0.1) is 26.2 Å². The van der Waals surface area contributed by atoms with Gasteiger partial charge in [0.2, 0.25) is 0 Å². The van der Waals surface area contributed by atoms with Crippen LogP contribution >= 0.6 is 0 Å². The van der Waals surface area contributed by atoms with E-state index in [1.807, 2.05) is 0 Å². The standard InChI is InChI=1S/C17H27NO/c1-10-11(2)14-13(15(19-7)12(10)3)8-9-18-16(14)17(4,5)6/h16,18H,8-9H2,1-7H3. The SMILES string of the molecule is COc1c(C)c(C)c(C)c2c1CCNC2C(C)(C)C. The molecular weight excluding hydrogens is 234 g/mol. The van der Waals surface area contributed by atoms with Crippen molar-refractivity contribution in [3.63, 3.8) is 0 Å². The van der Waals surface area contributed by atoms with Gasteiger partial charge in [0.05, 0.1) is 7.11 Å². The number of hydrogen-bond donors (Lipinski definition) is 1. The van der Waals surface area contributed by atoms with Gasteiger partial charge in [-0.2, -0.15) is 0 Å². The van der Waals surface area contributed by atoms with Crippen LogP contribution in [0.4, 0.5) is 0 Å². The minimum Gasteiger partial charge on any atom is -0.496 e. The maximum absolute atomic E-state index is 5.71. The van der Waals surface area contributed by atoms with Crippen LogP contribution in [-0.4, -0.2) is 13.7 Å². The number of nitrogens with one attached hydrogen (secondary N) is 1. The van der Waals surface area contributed by atoms with Crippen molar-refractivity contribution in [2.75, 3.05) is 13.7 Å². The van der Waals surface area contributed by atoms with Crippen LogP contribution in [0.15, 0.2) is 0 Å². The van der Waals surface area contributed by atoms with Crippen molar-refractivity contribution >= 4 is 0 Å². The molecule has 0 bridgehead atoms. The summed E-state index contributed by atoms with van der Waals surface area (Å²) in [5, 5.41) is 3.70. The summed E-state index contributed by atoms with van der Waals surface area (Å²) in [6.07, 6.45) is 1.06. The van der Waals surface area contributed by atoms with Crippen molar-refractivity contribution < 1.29 is 4.74 Å². The van der Waals surface area contributed by atoms with E-state index in [9.17, 15) is 0 Å². The van der Waals surface area contributed by atoms with Gasteiger partial charge in [-0.05, 0) is 61.4 Å². The first-order chi connectivity index (χ1) is 8.79. The predicted molar refractivity (Wildman–Crippen MR) is 81.1 cm³/mol. The Kier molecular flexibility index (Phi) is 3.65. The minimum atomic E-state index is 0.215. The van der Waals surface area contributed by atoms with Crippen LogP contribution in [0.3, 0.4) is 0 Å². The quantitative estimate of drug-likeness (QED) is 0.829. The highest BCUT2D eigenvalue weighted by molar-refractivity contribution is 5.57. The molecule has 19 heavy (non-hydrogen) atoms. The maximum Gasteiger partial charge on any atom is 0.125 e. The van der Waals surface area contributed by atoms with Crippen LogP contribution in [0.2, 0.25) is 0 Å². The molecule has 1 aromatic rings. The molecule has 0 amide bonds. The van der Waals surface area contributed by atoms with E-state index in [1.165, 1.54) is 27.8 Å². The average Bonchev–Trinajstić information content (AvgIpc) is 2.35. The largest absolute Gasteiger partial charge is 0.496 e. The van der Waals surface area contributed by atoms with Crippen LogP contribution in [0.1, 0.15) is 54.6 Å². The Balaban J connectivity index is 2.73. The van der Waals surface area contributed by atoms with Gasteiger partial charge in [-0.25, -0.2) is 0 Å². The summed E-state index contributed by atoms with van der Waals surface area (Å²) in [6.45, 7) is 14.6. The van der Waals surface area contributed by atoms with E-state index in [2.05, 4.69) is 46.9 Å². The molecule has 0 aromatic heterocycles. The van der Waals surface area contributed by atoms with Gasteiger partial charge in [0, 0.05) is 11.6 Å². The average molecular weight is 261 g/mol. The lowest BCUT2D eigenvalue weighted by molar-refractivity contribution is 0.260. The third-order valence-corrected chi connectivity index (χ3v) is 4.55. The fourth-order valence-corrected chi connectivity index (χ4v) is 3.33. The number of rotatable bonds is 1. The van der Waals surface area contributed by atoms with Crippen molar-refractivity contribution in [3.05, 3.63) is 27.8 Å². The number of hydrogen-bond acceptors (Lipinski definition) is 2. The molecule has 2 nitrogen and oxygen atoms in total. The molecule has 0 fully saturated rings. The van der Waals surface area contributed by atoms with E-state index in [1.54, 1.807) is 7.11 Å². The van der Waals surface area contributed by atoms with Crippen molar-refractivity contribution in [1.82, 2.24) is 5.32 Å². The van der Waals surface area contributed by atoms with Gasteiger partial charge in [0.15, 0.2) is 0 Å². The Hall–Kier alpha value is -1.02. The van der Waals surface area contributed by atoms with E-state index in [4.69, 9.17) is 4.74 Å². The Morgan fingerprint density at radius 1 is 1.05 bits per heavy atom. The Morgan fingerprint density at radius 2 is 1.68 bits per heavy atom. The summed E-state index contributed by atoms with van der Waals surface area (Å²) in [7, 11) is 1.80. The normalized spacial score (nSPS) is 19.2. The summed E-state index contributed by atoms with van der Waals surface area (Å²) in [4.78, 5) is 0. The predicted octanol–water partition coefficient (Wildman–Crippen LogP) is 3.85. The molecule has 1 unspecified atom stereocenters. The first-order valence-electron chi connectivity index (χ1n) is 7.19. The van der Waals surface area contributed by atoms with Gasteiger partial charge >= 0.3 is 0 Å². The molecule has 1 aromatic carbocycles. The van der Waals surface area contributed by atoms with Crippen LogP contribution in [0.5, 0.6) is 5.75 Å². The second kappa shape index (κ2) is 4.82. The molecule has 0 radical (unpaired) electrons. The van der Waals surface area contributed by atoms with Gasteiger partial charge in [-0.1, -0.05) is 20.8 Å². The first kappa shape index (κ1) is 14.4. The first-order valence-corrected chi connectivity index (χ1v) is 7.19. The topological polar surface area (TPSA) is 21.3 Å². The fraction of sp³-hybridized carbons (Fsp3) is 0.647. The molecule has 2 heteroatoms. The highest BCUT2D eigenvalue weighted by atomic mass is 16.5. The molecule has 106 valence electrons. The van der Waals surface area contributed by atoms with Crippen LogP contribution in [0.25, 0.3) is 0 Å². The number of fused-ring (bicyclic) bond motifs is 1. The van der Waals surface area contributed by atoms with E-state index >= 15 is 0 Å². The molecule has 0 saturated heterocycles. The van der Waals surface area contributed by atoms with E-state index in [-0.39, 0.29) is 5.41 Å². The van der Waals surface area contributed by atoms with Crippen LogP contribution < -0.4 is 10.1 Å². The number of benzene rings is 1. The lowest BCUT2D eigenvalue weighted by atomic mass is 9.75. The lowest BCUT2D eigenvalue weighted by Crippen LogP contribution is -2.39. The molecule has 1 atom stereocenters. The third kappa shape index (κ3) is 2.27. The van der Waals surface area contributed by atoms with Crippen molar-refractivity contribution in [3.8, 4) is 5.75 Å². The Bertz CT molecular complexity index is 497. The van der Waals surface area contributed by atoms with Crippen molar-refractivity contribution in [1.29, 1.82) is 0 Å². The molecule has 0 spiro atoms. The van der Waals surface area contributed by atoms with Gasteiger partial charge in [0.25, 0.3) is 0 Å². The van der Waals surface area contributed by atoms with Crippen LogP contribution in [-0.2, 0) is 6.42 Å². The monoisotopic (exact) mass is 261 g/mol. The second-order valence-corrected chi connectivity index (χ2v) is 6.80. The zero-order valence-corrected chi connectivity index (χ0v) is 13.4. The van der Waals surface area contributed by atoms with Crippen molar-refractivity contribution in [2.24, 2.45) is 5.41 Å². The van der Waals surface area contributed by atoms with E-state index < -0.39 is 0 Å². The lowest BCUT2D eigenvalue weighted by Gasteiger charge is -2.39. The smallest absolute Gasteiger partial charge is 0.125 e. The molecule has 1 N–H and O–H groups in total. The van der Waals surface area contributed by atoms with E-state index in [0.717, 1.165) is 18.7 Å². The fourth-order valence-electron chi connectivity index (χ4n) is 3.33.